The van der Waals surface area contributed by atoms with Crippen LogP contribution in [-0.4, -0.2) is 10.4 Å². The molecule has 2 N–H and O–H groups in total. The molecule has 0 atom stereocenters. The molecule has 0 aliphatic carbocycles. The average molecular weight is 264 g/mol. The van der Waals surface area contributed by atoms with E-state index in [-0.39, 0.29) is 5.78 Å². The molecule has 0 fully saturated rings. The van der Waals surface area contributed by atoms with E-state index in [1.165, 1.54) is 5.56 Å². The number of hydrogen-bond donors (Lipinski definition) is 1. The number of fused-ring (bicyclic) bond motifs is 1. The standard InChI is InChI=1S/C17H16N2O/c1-12(20)16-11-19(10-13-5-3-2-4-6-13)17-8-7-14(18)9-15(16)17/h2-9,11H,10,18H2,1H3. The van der Waals surface area contributed by atoms with Crippen LogP contribution in [0.1, 0.15) is 22.8 Å². The van der Waals surface area contributed by atoms with E-state index >= 15 is 0 Å². The lowest BCUT2D eigenvalue weighted by molar-refractivity contribution is 0.101. The maximum absolute atomic E-state index is 11.8. The molecule has 3 heteroatoms. The van der Waals surface area contributed by atoms with Gasteiger partial charge in [-0.2, -0.15) is 0 Å². The van der Waals surface area contributed by atoms with Crippen molar-refractivity contribution in [3.05, 3.63) is 65.9 Å². The summed E-state index contributed by atoms with van der Waals surface area (Å²) in [4.78, 5) is 11.8. The van der Waals surface area contributed by atoms with Crippen molar-refractivity contribution < 1.29 is 4.79 Å². The number of carbonyl (C=O) groups is 1. The van der Waals surface area contributed by atoms with E-state index in [9.17, 15) is 4.79 Å². The zero-order valence-corrected chi connectivity index (χ0v) is 11.3. The highest BCUT2D eigenvalue weighted by atomic mass is 16.1. The Morgan fingerprint density at radius 2 is 1.90 bits per heavy atom. The summed E-state index contributed by atoms with van der Waals surface area (Å²) in [5, 5.41) is 0.924. The Morgan fingerprint density at radius 1 is 1.15 bits per heavy atom. The van der Waals surface area contributed by atoms with Gasteiger partial charge in [-0.3, -0.25) is 4.79 Å². The summed E-state index contributed by atoms with van der Waals surface area (Å²) in [6.07, 6.45) is 1.92. The molecule has 3 nitrogen and oxygen atoms in total. The van der Waals surface area contributed by atoms with Gasteiger partial charge in [0.2, 0.25) is 0 Å². The number of benzene rings is 2. The predicted octanol–water partition coefficient (Wildman–Crippen LogP) is 3.47. The first-order valence-corrected chi connectivity index (χ1v) is 6.58. The smallest absolute Gasteiger partial charge is 0.161 e. The Bertz CT molecular complexity index is 772. The van der Waals surface area contributed by atoms with E-state index in [0.29, 0.717) is 5.69 Å². The SMILES string of the molecule is CC(=O)c1cn(Cc2ccccc2)c2ccc(N)cc12. The van der Waals surface area contributed by atoms with Gasteiger partial charge in [-0.15, -0.1) is 0 Å². The van der Waals surface area contributed by atoms with Crippen LogP contribution in [0, 0.1) is 0 Å². The van der Waals surface area contributed by atoms with E-state index in [2.05, 4.69) is 16.7 Å². The number of anilines is 1. The first-order chi connectivity index (χ1) is 9.65. The maximum atomic E-state index is 11.8. The zero-order chi connectivity index (χ0) is 14.1. The first-order valence-electron chi connectivity index (χ1n) is 6.58. The van der Waals surface area contributed by atoms with Crippen LogP contribution in [0.4, 0.5) is 5.69 Å². The number of nitrogens with zero attached hydrogens (tertiary/aromatic N) is 1. The third-order valence-corrected chi connectivity index (χ3v) is 3.48. The van der Waals surface area contributed by atoms with Crippen molar-refractivity contribution in [2.45, 2.75) is 13.5 Å². The van der Waals surface area contributed by atoms with Gasteiger partial charge in [0, 0.05) is 34.9 Å². The Morgan fingerprint density at radius 3 is 2.60 bits per heavy atom. The van der Waals surface area contributed by atoms with Crippen molar-refractivity contribution in [1.29, 1.82) is 0 Å². The van der Waals surface area contributed by atoms with Crippen LogP contribution in [0.15, 0.2) is 54.7 Å². The van der Waals surface area contributed by atoms with Crippen LogP contribution in [0.2, 0.25) is 0 Å². The van der Waals surface area contributed by atoms with Crippen LogP contribution in [-0.2, 0) is 6.54 Å². The van der Waals surface area contributed by atoms with Crippen LogP contribution in [0.3, 0.4) is 0 Å². The minimum Gasteiger partial charge on any atom is -0.399 e. The Labute approximate surface area is 117 Å². The molecule has 20 heavy (non-hydrogen) atoms. The third kappa shape index (κ3) is 2.18. The number of hydrogen-bond acceptors (Lipinski definition) is 2. The fourth-order valence-corrected chi connectivity index (χ4v) is 2.51. The molecule has 0 radical (unpaired) electrons. The second-order valence-electron chi connectivity index (χ2n) is 4.99. The molecule has 0 saturated heterocycles. The summed E-state index contributed by atoms with van der Waals surface area (Å²) in [6, 6.07) is 15.9. The number of carbonyl (C=O) groups excluding carboxylic acids is 1. The van der Waals surface area contributed by atoms with Gasteiger partial charge in [0.1, 0.15) is 0 Å². The van der Waals surface area contributed by atoms with E-state index in [1.807, 2.05) is 42.6 Å². The molecule has 100 valence electrons. The highest BCUT2D eigenvalue weighted by molar-refractivity contribution is 6.07. The second kappa shape index (κ2) is 4.85. The molecule has 0 unspecified atom stereocenters. The van der Waals surface area contributed by atoms with Crippen molar-refractivity contribution in [2.24, 2.45) is 0 Å². The van der Waals surface area contributed by atoms with Gasteiger partial charge >= 0.3 is 0 Å². The van der Waals surface area contributed by atoms with Crippen LogP contribution < -0.4 is 5.73 Å². The normalized spacial score (nSPS) is 10.8. The van der Waals surface area contributed by atoms with Gasteiger partial charge in [-0.1, -0.05) is 30.3 Å². The molecular formula is C17H16N2O. The van der Waals surface area contributed by atoms with E-state index < -0.39 is 0 Å². The third-order valence-electron chi connectivity index (χ3n) is 3.48. The van der Waals surface area contributed by atoms with Crippen molar-refractivity contribution >= 4 is 22.4 Å². The second-order valence-corrected chi connectivity index (χ2v) is 4.99. The topological polar surface area (TPSA) is 48.0 Å². The van der Waals surface area contributed by atoms with E-state index in [4.69, 9.17) is 5.73 Å². The van der Waals surface area contributed by atoms with E-state index in [0.717, 1.165) is 23.0 Å². The van der Waals surface area contributed by atoms with Crippen molar-refractivity contribution in [3.63, 3.8) is 0 Å². The molecule has 3 rings (SSSR count). The molecule has 2 aromatic carbocycles. The monoisotopic (exact) mass is 264 g/mol. The molecule has 0 amide bonds. The number of aromatic nitrogens is 1. The van der Waals surface area contributed by atoms with Crippen molar-refractivity contribution in [1.82, 2.24) is 4.57 Å². The number of ketones is 1. The minimum absolute atomic E-state index is 0.0624. The molecule has 1 heterocycles. The molecule has 0 saturated carbocycles. The first kappa shape index (κ1) is 12.5. The van der Waals surface area contributed by atoms with Crippen LogP contribution in [0.5, 0.6) is 0 Å². The number of Topliss-reactive ketones (excluding diaryl/α,β-unsaturated/α-hetero) is 1. The van der Waals surface area contributed by atoms with Gasteiger partial charge in [0.25, 0.3) is 0 Å². The summed E-state index contributed by atoms with van der Waals surface area (Å²) in [5.74, 6) is 0.0624. The fraction of sp³-hybridized carbons (Fsp3) is 0.118. The predicted molar refractivity (Wildman–Crippen MR) is 81.9 cm³/mol. The van der Waals surface area contributed by atoms with Crippen molar-refractivity contribution in [2.75, 3.05) is 5.73 Å². The summed E-state index contributed by atoms with van der Waals surface area (Å²) in [6.45, 7) is 2.33. The molecular weight excluding hydrogens is 248 g/mol. The van der Waals surface area contributed by atoms with Gasteiger partial charge in [-0.25, -0.2) is 0 Å². The van der Waals surface area contributed by atoms with Gasteiger partial charge in [0.15, 0.2) is 5.78 Å². The Kier molecular flexibility index (Phi) is 3.03. The lowest BCUT2D eigenvalue weighted by atomic mass is 10.1. The largest absolute Gasteiger partial charge is 0.399 e. The van der Waals surface area contributed by atoms with Crippen molar-refractivity contribution in [3.8, 4) is 0 Å². The lowest BCUT2D eigenvalue weighted by Crippen LogP contribution is -1.98. The lowest BCUT2D eigenvalue weighted by Gasteiger charge is -2.05. The number of rotatable bonds is 3. The Balaban J connectivity index is 2.14. The highest BCUT2D eigenvalue weighted by Crippen LogP contribution is 2.25. The minimum atomic E-state index is 0.0624. The average Bonchev–Trinajstić information content (AvgIpc) is 2.78. The van der Waals surface area contributed by atoms with Gasteiger partial charge < -0.3 is 10.3 Å². The summed E-state index contributed by atoms with van der Waals surface area (Å²) < 4.78 is 2.10. The van der Waals surface area contributed by atoms with Gasteiger partial charge in [0.05, 0.1) is 0 Å². The summed E-state index contributed by atoms with van der Waals surface area (Å²) in [5.41, 5.74) is 9.48. The summed E-state index contributed by atoms with van der Waals surface area (Å²) in [7, 11) is 0. The molecule has 0 aliphatic rings. The highest BCUT2D eigenvalue weighted by Gasteiger charge is 2.12. The number of nitrogen functional groups attached to an aromatic ring is 1. The zero-order valence-electron chi connectivity index (χ0n) is 11.3. The van der Waals surface area contributed by atoms with Crippen LogP contribution in [0.25, 0.3) is 10.9 Å². The molecule has 1 aromatic heterocycles. The Hall–Kier alpha value is -2.55. The maximum Gasteiger partial charge on any atom is 0.161 e. The quantitative estimate of drug-likeness (QED) is 0.581. The van der Waals surface area contributed by atoms with Crippen LogP contribution >= 0.6 is 0 Å². The molecule has 0 aliphatic heterocycles. The fourth-order valence-electron chi connectivity index (χ4n) is 2.51. The summed E-state index contributed by atoms with van der Waals surface area (Å²) >= 11 is 0. The molecule has 0 bridgehead atoms. The molecule has 0 spiro atoms. The number of nitrogens with two attached hydrogens (primary N) is 1. The van der Waals surface area contributed by atoms with Gasteiger partial charge in [-0.05, 0) is 30.7 Å². The molecule has 3 aromatic rings. The van der Waals surface area contributed by atoms with E-state index in [1.54, 1.807) is 6.92 Å².